The van der Waals surface area contributed by atoms with Crippen LogP contribution < -0.4 is 10.2 Å². The van der Waals surface area contributed by atoms with Gasteiger partial charge in [-0.05, 0) is 53.6 Å². The Labute approximate surface area is 175 Å². The number of nitro groups is 2. The highest BCUT2D eigenvalue weighted by Gasteiger charge is 2.19. The number of nitrogens with zero attached hydrogens (tertiary/aromatic N) is 3. The summed E-state index contributed by atoms with van der Waals surface area (Å²) in [5.74, 6) is 0.668. The van der Waals surface area contributed by atoms with Gasteiger partial charge in [0, 0.05) is 11.1 Å². The zero-order chi connectivity index (χ0) is 21.5. The van der Waals surface area contributed by atoms with E-state index >= 15 is 0 Å². The molecule has 1 N–H and O–H groups in total. The average molecular weight is 427 g/mol. The molecule has 3 aromatic carbocycles. The smallest absolute Gasteiger partial charge is 0.301 e. The van der Waals surface area contributed by atoms with E-state index in [1.54, 1.807) is 36.4 Å². The summed E-state index contributed by atoms with van der Waals surface area (Å²) in [7, 11) is 0. The van der Waals surface area contributed by atoms with Gasteiger partial charge in [0.1, 0.15) is 18.0 Å². The van der Waals surface area contributed by atoms with Crippen LogP contribution in [0.15, 0.2) is 71.8 Å². The van der Waals surface area contributed by atoms with Gasteiger partial charge in [0.05, 0.1) is 22.1 Å². The third-order valence-corrected chi connectivity index (χ3v) is 4.24. The van der Waals surface area contributed by atoms with E-state index in [4.69, 9.17) is 16.3 Å². The van der Waals surface area contributed by atoms with E-state index in [0.29, 0.717) is 17.4 Å². The molecule has 3 aromatic rings. The lowest BCUT2D eigenvalue weighted by Crippen LogP contribution is -1.99. The lowest BCUT2D eigenvalue weighted by Gasteiger charge is -2.06. The lowest BCUT2D eigenvalue weighted by molar-refractivity contribution is -0.393. The first kappa shape index (κ1) is 20.7. The Morgan fingerprint density at radius 3 is 2.30 bits per heavy atom. The number of nitro benzene ring substituents is 2. The summed E-state index contributed by atoms with van der Waals surface area (Å²) in [5.41, 5.74) is 3.49. The Morgan fingerprint density at radius 2 is 1.67 bits per heavy atom. The molecule has 9 nitrogen and oxygen atoms in total. The first-order valence-electron chi connectivity index (χ1n) is 8.61. The van der Waals surface area contributed by atoms with E-state index in [2.05, 4.69) is 10.5 Å². The van der Waals surface area contributed by atoms with Gasteiger partial charge in [-0.15, -0.1) is 0 Å². The van der Waals surface area contributed by atoms with Gasteiger partial charge in [-0.3, -0.25) is 25.7 Å². The standard InChI is InChI=1S/C20H15ClN4O5/c21-16-5-1-15(2-6-16)13-30-18-8-3-14(4-9-18)12-22-23-19-10-7-17(24(26)27)11-20(19)25(28)29/h1-12,23H,13H2/b22-12-. The number of hydrogen-bond acceptors (Lipinski definition) is 7. The number of benzene rings is 3. The number of halogens is 1. The summed E-state index contributed by atoms with van der Waals surface area (Å²) >= 11 is 5.85. The summed E-state index contributed by atoms with van der Waals surface area (Å²) in [6, 6.07) is 17.7. The predicted molar refractivity (Wildman–Crippen MR) is 113 cm³/mol. The van der Waals surface area contributed by atoms with Crippen molar-refractivity contribution >= 4 is 34.9 Å². The molecule has 0 aliphatic heterocycles. The largest absolute Gasteiger partial charge is 0.489 e. The minimum atomic E-state index is -0.711. The summed E-state index contributed by atoms with van der Waals surface area (Å²) in [6.45, 7) is 0.399. The minimum Gasteiger partial charge on any atom is -0.489 e. The first-order chi connectivity index (χ1) is 14.4. The van der Waals surface area contributed by atoms with Crippen molar-refractivity contribution in [1.29, 1.82) is 0 Å². The Bertz CT molecular complexity index is 1090. The first-order valence-corrected chi connectivity index (χ1v) is 8.99. The van der Waals surface area contributed by atoms with Gasteiger partial charge in [-0.2, -0.15) is 5.10 Å². The van der Waals surface area contributed by atoms with Crippen molar-refractivity contribution in [3.05, 3.63) is 103 Å². The average Bonchev–Trinajstić information content (AvgIpc) is 2.74. The van der Waals surface area contributed by atoms with Crippen molar-refractivity contribution in [1.82, 2.24) is 0 Å². The van der Waals surface area contributed by atoms with Crippen LogP contribution in [0.5, 0.6) is 5.75 Å². The van der Waals surface area contributed by atoms with E-state index in [1.807, 2.05) is 12.1 Å². The number of non-ortho nitro benzene ring substituents is 1. The van der Waals surface area contributed by atoms with Crippen molar-refractivity contribution < 1.29 is 14.6 Å². The molecule has 0 radical (unpaired) electrons. The molecule has 0 unspecified atom stereocenters. The second kappa shape index (κ2) is 9.48. The maximum absolute atomic E-state index is 11.1. The van der Waals surface area contributed by atoms with Crippen LogP contribution in [0.25, 0.3) is 0 Å². The van der Waals surface area contributed by atoms with Gasteiger partial charge < -0.3 is 4.74 Å². The van der Waals surface area contributed by atoms with Gasteiger partial charge in [0.15, 0.2) is 0 Å². The molecular formula is C20H15ClN4O5. The van der Waals surface area contributed by atoms with E-state index in [1.165, 1.54) is 12.3 Å². The minimum absolute atomic E-state index is 0.0461. The van der Waals surface area contributed by atoms with Crippen molar-refractivity contribution in [2.24, 2.45) is 5.10 Å². The number of anilines is 1. The normalized spacial score (nSPS) is 10.7. The fourth-order valence-corrected chi connectivity index (χ4v) is 2.58. The van der Waals surface area contributed by atoms with Crippen molar-refractivity contribution in [2.45, 2.75) is 6.61 Å². The molecule has 0 bridgehead atoms. The fraction of sp³-hybridized carbons (Fsp3) is 0.0500. The van der Waals surface area contributed by atoms with Crippen molar-refractivity contribution in [2.75, 3.05) is 5.43 Å². The summed E-state index contributed by atoms with van der Waals surface area (Å²) in [6.07, 6.45) is 1.47. The van der Waals surface area contributed by atoms with Gasteiger partial charge in [0.25, 0.3) is 5.69 Å². The van der Waals surface area contributed by atoms with Crippen LogP contribution in [-0.4, -0.2) is 16.1 Å². The second-order valence-electron chi connectivity index (χ2n) is 6.07. The van der Waals surface area contributed by atoms with Crippen LogP contribution in [0.2, 0.25) is 5.02 Å². The zero-order valence-electron chi connectivity index (χ0n) is 15.4. The van der Waals surface area contributed by atoms with Gasteiger partial charge in [0.2, 0.25) is 0 Å². The van der Waals surface area contributed by atoms with Crippen LogP contribution in [0.3, 0.4) is 0 Å². The van der Waals surface area contributed by atoms with Crippen LogP contribution >= 0.6 is 11.6 Å². The number of nitrogens with one attached hydrogen (secondary N) is 1. The van der Waals surface area contributed by atoms with Gasteiger partial charge in [-0.25, -0.2) is 0 Å². The highest BCUT2D eigenvalue weighted by atomic mass is 35.5. The van der Waals surface area contributed by atoms with Gasteiger partial charge >= 0.3 is 5.69 Å². The molecule has 0 heterocycles. The van der Waals surface area contributed by atoms with E-state index in [-0.39, 0.29) is 11.4 Å². The fourth-order valence-electron chi connectivity index (χ4n) is 2.45. The van der Waals surface area contributed by atoms with Gasteiger partial charge in [-0.1, -0.05) is 23.7 Å². The Balaban J connectivity index is 1.61. The number of hydrogen-bond donors (Lipinski definition) is 1. The topological polar surface area (TPSA) is 120 Å². The van der Waals surface area contributed by atoms with E-state index in [0.717, 1.165) is 23.3 Å². The summed E-state index contributed by atoms with van der Waals surface area (Å²) in [4.78, 5) is 20.5. The molecule has 152 valence electrons. The maximum atomic E-state index is 11.1. The Morgan fingerprint density at radius 1 is 0.967 bits per heavy atom. The lowest BCUT2D eigenvalue weighted by atomic mass is 10.2. The summed E-state index contributed by atoms with van der Waals surface area (Å²) < 4.78 is 5.70. The molecule has 10 heteroatoms. The molecule has 3 rings (SSSR count). The van der Waals surface area contributed by atoms with Crippen molar-refractivity contribution in [3.8, 4) is 5.75 Å². The molecule has 0 aromatic heterocycles. The number of ether oxygens (including phenoxy) is 1. The third-order valence-electron chi connectivity index (χ3n) is 3.99. The van der Waals surface area contributed by atoms with Crippen molar-refractivity contribution in [3.63, 3.8) is 0 Å². The zero-order valence-corrected chi connectivity index (χ0v) is 16.2. The molecule has 0 fully saturated rings. The van der Waals surface area contributed by atoms with E-state index < -0.39 is 15.5 Å². The quantitative estimate of drug-likeness (QED) is 0.301. The number of rotatable bonds is 8. The summed E-state index contributed by atoms with van der Waals surface area (Å²) in [5, 5.41) is 26.5. The number of hydrazone groups is 1. The molecule has 0 saturated carbocycles. The molecule has 0 spiro atoms. The highest BCUT2D eigenvalue weighted by Crippen LogP contribution is 2.28. The monoisotopic (exact) mass is 426 g/mol. The van der Waals surface area contributed by atoms with Crippen LogP contribution in [0.1, 0.15) is 11.1 Å². The third kappa shape index (κ3) is 5.52. The molecule has 0 aliphatic rings. The molecule has 0 aliphatic carbocycles. The van der Waals surface area contributed by atoms with Crippen LogP contribution in [0.4, 0.5) is 17.1 Å². The molecular weight excluding hydrogens is 412 g/mol. The molecule has 0 atom stereocenters. The second-order valence-corrected chi connectivity index (χ2v) is 6.51. The predicted octanol–water partition coefficient (Wildman–Crippen LogP) is 5.18. The molecule has 0 amide bonds. The van der Waals surface area contributed by atoms with E-state index in [9.17, 15) is 20.2 Å². The molecule has 0 saturated heterocycles. The molecule has 30 heavy (non-hydrogen) atoms. The van der Waals surface area contributed by atoms with Crippen LogP contribution in [-0.2, 0) is 6.61 Å². The van der Waals surface area contributed by atoms with Crippen LogP contribution in [0, 0.1) is 20.2 Å². The SMILES string of the molecule is O=[N+]([O-])c1ccc(N/N=C\c2ccc(OCc3ccc(Cl)cc3)cc2)c([N+](=O)[O-])c1. The Hall–Kier alpha value is -3.98. The maximum Gasteiger partial charge on any atom is 0.301 e. The highest BCUT2D eigenvalue weighted by molar-refractivity contribution is 6.30. The Kier molecular flexibility index (Phi) is 6.56.